The van der Waals surface area contributed by atoms with E-state index >= 15 is 0 Å². The van der Waals surface area contributed by atoms with E-state index in [9.17, 15) is 19.5 Å². The van der Waals surface area contributed by atoms with Crippen molar-refractivity contribution in [3.63, 3.8) is 0 Å². The first kappa shape index (κ1) is 23.7. The highest BCUT2D eigenvalue weighted by Crippen LogP contribution is 2.34. The van der Waals surface area contributed by atoms with Crippen LogP contribution in [0.2, 0.25) is 0 Å². The van der Waals surface area contributed by atoms with Crippen LogP contribution < -0.4 is 16.0 Å². The van der Waals surface area contributed by atoms with E-state index < -0.39 is 11.5 Å². The van der Waals surface area contributed by atoms with Crippen LogP contribution in [0.15, 0.2) is 36.5 Å². The Labute approximate surface area is 198 Å². The maximum absolute atomic E-state index is 12.6. The minimum atomic E-state index is -1.13. The minimum Gasteiger partial charge on any atom is -0.478 e. The quantitative estimate of drug-likeness (QED) is 0.598. The summed E-state index contributed by atoms with van der Waals surface area (Å²) < 4.78 is 0. The topological polar surface area (TPSA) is 129 Å². The van der Waals surface area contributed by atoms with Crippen LogP contribution in [0.3, 0.4) is 0 Å². The van der Waals surface area contributed by atoms with Gasteiger partial charge in [0.1, 0.15) is 16.9 Å². The smallest absolute Gasteiger partial charge is 0.339 e. The van der Waals surface area contributed by atoms with Crippen LogP contribution >= 0.6 is 0 Å². The maximum atomic E-state index is 12.6. The second-order valence-corrected chi connectivity index (χ2v) is 9.15. The number of benzene rings is 1. The second kappa shape index (κ2) is 9.80. The first-order valence-electron chi connectivity index (χ1n) is 11.7. The molecule has 34 heavy (non-hydrogen) atoms. The van der Waals surface area contributed by atoms with Gasteiger partial charge in [-0.05, 0) is 63.9 Å². The molecule has 0 spiro atoms. The summed E-state index contributed by atoms with van der Waals surface area (Å²) in [6.07, 6.45) is 5.79. The Morgan fingerprint density at radius 2 is 1.76 bits per heavy atom. The number of rotatable bonds is 6. The number of carboxylic acid groups (broad SMARTS) is 1. The third-order valence-electron chi connectivity index (χ3n) is 6.95. The summed E-state index contributed by atoms with van der Waals surface area (Å²) in [6.45, 7) is 4.56. The zero-order valence-electron chi connectivity index (χ0n) is 19.4. The lowest BCUT2D eigenvalue weighted by atomic mass is 9.83. The number of carbonyl (C=O) groups excluding carboxylic acids is 2. The number of pyridine rings is 1. The van der Waals surface area contributed by atoms with E-state index in [1.165, 1.54) is 12.3 Å². The Morgan fingerprint density at radius 3 is 2.38 bits per heavy atom. The third kappa shape index (κ3) is 4.75. The molecule has 9 heteroatoms. The molecule has 1 aromatic carbocycles. The molecule has 0 unspecified atom stereocenters. The number of likely N-dealkylation sites (tertiary alicyclic amines) is 1. The van der Waals surface area contributed by atoms with Crippen molar-refractivity contribution in [3.8, 4) is 0 Å². The number of nitrogens with two attached hydrogens (primary N) is 1. The number of anilines is 2. The lowest BCUT2D eigenvalue weighted by Crippen LogP contribution is -2.63. The number of nitrogens with zero attached hydrogens (tertiary/aromatic N) is 3. The molecule has 2 amide bonds. The molecular formula is C25H31N5O4. The Kier molecular flexibility index (Phi) is 6.83. The lowest BCUT2D eigenvalue weighted by molar-refractivity contribution is -0.132. The molecule has 180 valence electrons. The van der Waals surface area contributed by atoms with Crippen LogP contribution in [0.1, 0.15) is 58.4 Å². The summed E-state index contributed by atoms with van der Waals surface area (Å²) in [6, 6.07) is 8.58. The molecule has 2 aromatic rings. The molecule has 2 aliphatic heterocycles. The molecule has 0 aliphatic carbocycles. The number of carboxylic acids is 1. The summed E-state index contributed by atoms with van der Waals surface area (Å²) in [5, 5.41) is 12.6. The fraction of sp³-hybridized carbons (Fsp3) is 0.440. The van der Waals surface area contributed by atoms with E-state index in [1.807, 2.05) is 17.9 Å². The van der Waals surface area contributed by atoms with E-state index in [-0.39, 0.29) is 17.4 Å². The normalized spacial score (nSPS) is 18.3. The van der Waals surface area contributed by atoms with Gasteiger partial charge < -0.3 is 21.1 Å². The standard InChI is InChI=1S/C25H31N5O4/c1-17-6-5-7-18(14-17)22(31)28-19-15-20(23(32)33)21(27-16-19)29-12-8-25(9-13-29,24(26)34)30-10-3-2-4-11-30/h5-7,14-16H,2-4,8-13H2,1H3,(H2,26,34)(H,28,31)(H,32,33). The molecule has 3 heterocycles. The predicted molar refractivity (Wildman–Crippen MR) is 129 cm³/mol. The minimum absolute atomic E-state index is 0.00610. The van der Waals surface area contributed by atoms with Gasteiger partial charge in [0.2, 0.25) is 5.91 Å². The number of aryl methyl sites for hydroxylation is 1. The van der Waals surface area contributed by atoms with Crippen molar-refractivity contribution < 1.29 is 19.5 Å². The molecule has 0 bridgehead atoms. The lowest BCUT2D eigenvalue weighted by Gasteiger charge is -2.48. The highest BCUT2D eigenvalue weighted by Gasteiger charge is 2.45. The van der Waals surface area contributed by atoms with E-state index in [2.05, 4.69) is 15.2 Å². The molecule has 0 atom stereocenters. The number of aromatic carboxylic acids is 1. The Balaban J connectivity index is 1.51. The zero-order chi connectivity index (χ0) is 24.3. The maximum Gasteiger partial charge on any atom is 0.339 e. The van der Waals surface area contributed by atoms with Crippen molar-refractivity contribution in [1.82, 2.24) is 9.88 Å². The van der Waals surface area contributed by atoms with Gasteiger partial charge in [-0.3, -0.25) is 14.5 Å². The molecule has 2 fully saturated rings. The largest absolute Gasteiger partial charge is 0.478 e. The number of hydrogen-bond donors (Lipinski definition) is 3. The first-order chi connectivity index (χ1) is 16.3. The summed E-state index contributed by atoms with van der Waals surface area (Å²) in [5.41, 5.74) is 6.93. The number of amides is 2. The summed E-state index contributed by atoms with van der Waals surface area (Å²) in [7, 11) is 0. The summed E-state index contributed by atoms with van der Waals surface area (Å²) in [5.74, 6) is -1.44. The fourth-order valence-corrected chi connectivity index (χ4v) is 5.05. The van der Waals surface area contributed by atoms with E-state index in [0.29, 0.717) is 43.0 Å². The average Bonchev–Trinajstić information content (AvgIpc) is 2.84. The average molecular weight is 466 g/mol. The zero-order valence-corrected chi connectivity index (χ0v) is 19.4. The number of piperidine rings is 2. The Hall–Kier alpha value is -3.46. The Morgan fingerprint density at radius 1 is 1.06 bits per heavy atom. The van der Waals surface area contributed by atoms with Crippen LogP contribution in [-0.4, -0.2) is 64.5 Å². The molecule has 2 saturated heterocycles. The third-order valence-corrected chi connectivity index (χ3v) is 6.95. The van der Waals surface area contributed by atoms with E-state index in [1.54, 1.807) is 18.2 Å². The number of aromatic nitrogens is 1. The van der Waals surface area contributed by atoms with Gasteiger partial charge in [0.15, 0.2) is 0 Å². The van der Waals surface area contributed by atoms with Gasteiger partial charge >= 0.3 is 5.97 Å². The second-order valence-electron chi connectivity index (χ2n) is 9.15. The van der Waals surface area contributed by atoms with Crippen molar-refractivity contribution in [2.45, 2.75) is 44.6 Å². The monoisotopic (exact) mass is 465 g/mol. The highest BCUT2D eigenvalue weighted by atomic mass is 16.4. The Bertz CT molecular complexity index is 1090. The van der Waals surface area contributed by atoms with Crippen LogP contribution in [0.25, 0.3) is 0 Å². The number of nitrogens with one attached hydrogen (secondary N) is 1. The fourth-order valence-electron chi connectivity index (χ4n) is 5.05. The summed E-state index contributed by atoms with van der Waals surface area (Å²) >= 11 is 0. The summed E-state index contributed by atoms with van der Waals surface area (Å²) in [4.78, 5) is 45.6. The SMILES string of the molecule is Cc1cccc(C(=O)Nc2cnc(N3CCC(C(N)=O)(N4CCCCC4)CC3)c(C(=O)O)c2)c1. The van der Waals surface area contributed by atoms with Gasteiger partial charge in [0, 0.05) is 18.7 Å². The van der Waals surface area contributed by atoms with Gasteiger partial charge in [0.25, 0.3) is 5.91 Å². The highest BCUT2D eigenvalue weighted by molar-refractivity contribution is 6.05. The molecule has 4 N–H and O–H groups in total. The molecule has 4 rings (SSSR count). The van der Waals surface area contributed by atoms with Gasteiger partial charge in [-0.15, -0.1) is 0 Å². The first-order valence-corrected chi connectivity index (χ1v) is 11.7. The molecule has 2 aliphatic rings. The van der Waals surface area contributed by atoms with Gasteiger partial charge in [-0.2, -0.15) is 0 Å². The van der Waals surface area contributed by atoms with Crippen LogP contribution in [0.4, 0.5) is 11.5 Å². The van der Waals surface area contributed by atoms with Crippen LogP contribution in [0, 0.1) is 6.92 Å². The van der Waals surface area contributed by atoms with Crippen molar-refractivity contribution in [1.29, 1.82) is 0 Å². The van der Waals surface area contributed by atoms with Gasteiger partial charge in [0.05, 0.1) is 11.9 Å². The van der Waals surface area contributed by atoms with Crippen molar-refractivity contribution in [2.75, 3.05) is 36.4 Å². The molecule has 1 aromatic heterocycles. The van der Waals surface area contributed by atoms with Crippen molar-refractivity contribution in [2.24, 2.45) is 5.73 Å². The van der Waals surface area contributed by atoms with Crippen molar-refractivity contribution >= 4 is 29.3 Å². The number of primary amides is 1. The molecular weight excluding hydrogens is 434 g/mol. The van der Waals surface area contributed by atoms with Gasteiger partial charge in [-0.1, -0.05) is 24.1 Å². The van der Waals surface area contributed by atoms with Crippen LogP contribution in [-0.2, 0) is 4.79 Å². The van der Waals surface area contributed by atoms with E-state index in [0.717, 1.165) is 37.9 Å². The van der Waals surface area contributed by atoms with E-state index in [4.69, 9.17) is 5.73 Å². The number of hydrogen-bond acceptors (Lipinski definition) is 6. The molecule has 0 saturated carbocycles. The van der Waals surface area contributed by atoms with Gasteiger partial charge in [-0.25, -0.2) is 9.78 Å². The van der Waals surface area contributed by atoms with Crippen molar-refractivity contribution in [3.05, 3.63) is 53.2 Å². The molecule has 0 radical (unpaired) electrons. The number of carbonyl (C=O) groups is 3. The molecule has 9 nitrogen and oxygen atoms in total. The predicted octanol–water partition coefficient (Wildman–Crippen LogP) is 2.65. The van der Waals surface area contributed by atoms with Crippen LogP contribution in [0.5, 0.6) is 0 Å².